The normalized spacial score (nSPS) is 20.6. The fourth-order valence-corrected chi connectivity index (χ4v) is 5.26. The van der Waals surface area contributed by atoms with E-state index in [-0.39, 0.29) is 5.60 Å². The first-order chi connectivity index (χ1) is 13.4. The van der Waals surface area contributed by atoms with Crippen LogP contribution in [0.3, 0.4) is 0 Å². The summed E-state index contributed by atoms with van der Waals surface area (Å²) in [6.45, 7) is 8.39. The predicted molar refractivity (Wildman–Crippen MR) is 115 cm³/mol. The van der Waals surface area contributed by atoms with Gasteiger partial charge in [0.1, 0.15) is 5.60 Å². The Balaban J connectivity index is 1.82. The third-order valence-corrected chi connectivity index (χ3v) is 6.12. The molecule has 1 unspecified atom stereocenters. The van der Waals surface area contributed by atoms with Gasteiger partial charge >= 0.3 is 0 Å². The van der Waals surface area contributed by atoms with Crippen LogP contribution >= 0.6 is 11.8 Å². The Hall–Kier alpha value is -2.17. The largest absolute Gasteiger partial charge is 0.358 e. The number of benzene rings is 2. The number of ether oxygens (including phenoxy) is 1. The molecule has 4 rings (SSSR count). The van der Waals surface area contributed by atoms with Crippen molar-refractivity contribution in [2.24, 2.45) is 0 Å². The quantitative estimate of drug-likeness (QED) is 0.436. The molecular formula is C24H26N2OS. The van der Waals surface area contributed by atoms with Crippen LogP contribution in [0.1, 0.15) is 41.9 Å². The van der Waals surface area contributed by atoms with Crippen LogP contribution in [0.4, 0.5) is 0 Å². The van der Waals surface area contributed by atoms with E-state index in [4.69, 9.17) is 4.74 Å². The second-order valence-electron chi connectivity index (χ2n) is 8.11. The molecule has 0 saturated carbocycles. The van der Waals surface area contributed by atoms with Crippen molar-refractivity contribution >= 4 is 11.8 Å². The summed E-state index contributed by atoms with van der Waals surface area (Å²) in [5, 5.41) is 0.803. The van der Waals surface area contributed by atoms with Crippen LogP contribution in [0.25, 0.3) is 0 Å². The lowest BCUT2D eigenvalue weighted by Crippen LogP contribution is -2.48. The Morgan fingerprint density at radius 3 is 2.29 bits per heavy atom. The van der Waals surface area contributed by atoms with Gasteiger partial charge in [-0.15, -0.1) is 0 Å². The lowest BCUT2D eigenvalue weighted by atomic mass is 9.78. The predicted octanol–water partition coefficient (Wildman–Crippen LogP) is 5.48. The highest BCUT2D eigenvalue weighted by atomic mass is 32.2. The van der Waals surface area contributed by atoms with Crippen molar-refractivity contribution in [3.63, 3.8) is 0 Å². The van der Waals surface area contributed by atoms with Crippen molar-refractivity contribution in [3.8, 4) is 0 Å². The molecule has 2 aromatic carbocycles. The molecule has 0 N–H and O–H groups in total. The summed E-state index contributed by atoms with van der Waals surface area (Å²) in [7, 11) is 0. The molecule has 144 valence electrons. The number of hydrogen-bond acceptors (Lipinski definition) is 4. The van der Waals surface area contributed by atoms with Crippen LogP contribution in [0, 0.1) is 13.8 Å². The molecular weight excluding hydrogens is 364 g/mol. The zero-order chi connectivity index (χ0) is 19.8. The molecule has 0 fully saturated rings. The van der Waals surface area contributed by atoms with E-state index >= 15 is 0 Å². The van der Waals surface area contributed by atoms with Crippen molar-refractivity contribution in [3.05, 3.63) is 88.7 Å². The maximum Gasteiger partial charge on any atom is 0.188 e. The van der Waals surface area contributed by atoms with Gasteiger partial charge < -0.3 is 4.74 Å². The minimum atomic E-state index is -0.536. The molecule has 0 bridgehead atoms. The molecule has 0 spiro atoms. The van der Waals surface area contributed by atoms with Crippen molar-refractivity contribution in [1.82, 2.24) is 9.97 Å². The number of nitrogens with zero attached hydrogens (tertiary/aromatic N) is 2. The van der Waals surface area contributed by atoms with E-state index in [1.54, 1.807) is 11.8 Å². The van der Waals surface area contributed by atoms with E-state index in [9.17, 15) is 0 Å². The summed E-state index contributed by atoms with van der Waals surface area (Å²) in [4.78, 5) is 9.26. The third kappa shape index (κ3) is 3.71. The van der Waals surface area contributed by atoms with Crippen molar-refractivity contribution in [2.75, 3.05) is 5.75 Å². The number of thioether (sulfide) groups is 1. The summed E-state index contributed by atoms with van der Waals surface area (Å²) in [6.07, 6.45) is 0.905. The van der Waals surface area contributed by atoms with E-state index in [2.05, 4.69) is 78.4 Å². The van der Waals surface area contributed by atoms with Gasteiger partial charge in [0.05, 0.1) is 5.60 Å². The lowest BCUT2D eigenvalue weighted by molar-refractivity contribution is -0.123. The van der Waals surface area contributed by atoms with Gasteiger partial charge in [-0.1, -0.05) is 66.4 Å². The average Bonchev–Trinajstić information content (AvgIpc) is 2.65. The smallest absolute Gasteiger partial charge is 0.188 e. The van der Waals surface area contributed by atoms with Gasteiger partial charge in [0, 0.05) is 23.6 Å². The molecule has 3 nitrogen and oxygen atoms in total. The van der Waals surface area contributed by atoms with Crippen LogP contribution < -0.4 is 0 Å². The van der Waals surface area contributed by atoms with Crippen molar-refractivity contribution in [1.29, 1.82) is 0 Å². The number of fused-ring (bicyclic) bond motifs is 1. The number of hydrogen-bond donors (Lipinski definition) is 0. The molecule has 28 heavy (non-hydrogen) atoms. The molecule has 0 radical (unpaired) electrons. The molecule has 3 aromatic rings. The van der Waals surface area contributed by atoms with E-state index in [1.165, 1.54) is 16.7 Å². The van der Waals surface area contributed by atoms with E-state index in [0.29, 0.717) is 0 Å². The van der Waals surface area contributed by atoms with Gasteiger partial charge in [-0.2, -0.15) is 0 Å². The Kier molecular flexibility index (Phi) is 5.02. The molecule has 1 aliphatic rings. The standard InChI is InChI=1S/C24H26N2OS/c1-17-14-18(2)26-22(25-17)28-16-24(20-11-6-5-7-12-20)21-13-9-8-10-19(21)15-23(3,4)27-24/h5-14H,15-16H2,1-4H3. The second-order valence-corrected chi connectivity index (χ2v) is 9.05. The Bertz CT molecular complexity index is 967. The maximum absolute atomic E-state index is 6.88. The molecule has 4 heteroatoms. The second kappa shape index (κ2) is 7.34. The summed E-state index contributed by atoms with van der Waals surface area (Å²) >= 11 is 1.67. The molecule has 0 amide bonds. The third-order valence-electron chi connectivity index (χ3n) is 5.13. The molecule has 1 atom stereocenters. The number of aromatic nitrogens is 2. The van der Waals surface area contributed by atoms with E-state index in [0.717, 1.165) is 28.7 Å². The lowest BCUT2D eigenvalue weighted by Gasteiger charge is -2.47. The average molecular weight is 391 g/mol. The number of aryl methyl sites for hydroxylation is 2. The van der Waals surface area contributed by atoms with Crippen LogP contribution in [-0.2, 0) is 16.8 Å². The van der Waals surface area contributed by atoms with Crippen molar-refractivity contribution in [2.45, 2.75) is 50.5 Å². The first-order valence-electron chi connectivity index (χ1n) is 9.67. The first-order valence-corrected chi connectivity index (χ1v) is 10.7. The zero-order valence-electron chi connectivity index (χ0n) is 16.9. The summed E-state index contributed by atoms with van der Waals surface area (Å²) < 4.78 is 6.88. The highest BCUT2D eigenvalue weighted by molar-refractivity contribution is 7.99. The first kappa shape index (κ1) is 19.2. The topological polar surface area (TPSA) is 35.0 Å². The van der Waals surface area contributed by atoms with Gasteiger partial charge in [-0.05, 0) is 50.5 Å². The fourth-order valence-electron chi connectivity index (χ4n) is 4.13. The van der Waals surface area contributed by atoms with Gasteiger partial charge in [0.15, 0.2) is 5.16 Å². The summed E-state index contributed by atoms with van der Waals surface area (Å²) in [6, 6.07) is 21.2. The van der Waals surface area contributed by atoms with Gasteiger partial charge in [0.2, 0.25) is 0 Å². The monoisotopic (exact) mass is 390 g/mol. The van der Waals surface area contributed by atoms with E-state index in [1.807, 2.05) is 19.9 Å². The molecule has 1 aromatic heterocycles. The number of rotatable bonds is 4. The fraction of sp³-hybridized carbons (Fsp3) is 0.333. The molecule has 2 heterocycles. The molecule has 0 saturated heterocycles. The Labute approximate surface area is 171 Å². The zero-order valence-corrected chi connectivity index (χ0v) is 17.7. The maximum atomic E-state index is 6.88. The van der Waals surface area contributed by atoms with E-state index < -0.39 is 5.60 Å². The summed E-state index contributed by atoms with van der Waals surface area (Å²) in [5.41, 5.74) is 4.97. The van der Waals surface area contributed by atoms with Crippen LogP contribution in [0.2, 0.25) is 0 Å². The van der Waals surface area contributed by atoms with Crippen molar-refractivity contribution < 1.29 is 4.74 Å². The molecule has 1 aliphatic heterocycles. The van der Waals surface area contributed by atoms with Crippen LogP contribution in [0.15, 0.2) is 65.8 Å². The summed E-state index contributed by atoms with van der Waals surface area (Å²) in [5.74, 6) is 0.723. The minimum Gasteiger partial charge on any atom is -0.358 e. The molecule has 0 aliphatic carbocycles. The van der Waals surface area contributed by atoms with Crippen LogP contribution in [-0.4, -0.2) is 21.3 Å². The van der Waals surface area contributed by atoms with Gasteiger partial charge in [-0.25, -0.2) is 9.97 Å². The Morgan fingerprint density at radius 1 is 0.929 bits per heavy atom. The van der Waals surface area contributed by atoms with Gasteiger partial charge in [-0.3, -0.25) is 0 Å². The Morgan fingerprint density at radius 2 is 1.57 bits per heavy atom. The highest BCUT2D eigenvalue weighted by Gasteiger charge is 2.46. The van der Waals surface area contributed by atoms with Gasteiger partial charge in [0.25, 0.3) is 0 Å². The minimum absolute atomic E-state index is 0.256. The SMILES string of the molecule is Cc1cc(C)nc(SCC2(c3ccccc3)OC(C)(C)Cc3ccccc32)n1. The van der Waals surface area contributed by atoms with Crippen LogP contribution in [0.5, 0.6) is 0 Å². The highest BCUT2D eigenvalue weighted by Crippen LogP contribution is 2.47.